The van der Waals surface area contributed by atoms with E-state index in [9.17, 15) is 10.2 Å². The maximum absolute atomic E-state index is 10.6. The topological polar surface area (TPSA) is 46.9 Å². The van der Waals surface area contributed by atoms with Gasteiger partial charge in [0.1, 0.15) is 0 Å². The lowest BCUT2D eigenvalue weighted by atomic mass is 9.89. The van der Waals surface area contributed by atoms with Crippen molar-refractivity contribution in [3.05, 3.63) is 59.2 Å². The van der Waals surface area contributed by atoms with Crippen LogP contribution >= 0.6 is 0 Å². The molecule has 0 aliphatic heterocycles. The Hall–Kier alpha value is -1.46. The molecule has 0 spiro atoms. The van der Waals surface area contributed by atoms with Crippen LogP contribution in [-0.4, -0.2) is 73.0 Å². The van der Waals surface area contributed by atoms with Gasteiger partial charge in [-0.15, -0.1) is 0 Å². The van der Waals surface area contributed by atoms with Gasteiger partial charge in [-0.3, -0.25) is 0 Å². The van der Waals surface area contributed by atoms with Gasteiger partial charge in [0, 0.05) is 18.9 Å². The number of allylic oxidation sites excluding steroid dienone is 1. The molecule has 0 heterocycles. The van der Waals surface area contributed by atoms with Crippen molar-refractivity contribution in [3.63, 3.8) is 0 Å². The third-order valence-electron chi connectivity index (χ3n) is 6.65. The summed E-state index contributed by atoms with van der Waals surface area (Å²) >= 11 is 0. The Kier molecular flexibility index (Phi) is 8.29. The molecule has 166 valence electrons. The van der Waals surface area contributed by atoms with Crippen LogP contribution < -0.4 is 0 Å². The summed E-state index contributed by atoms with van der Waals surface area (Å²) in [5, 5.41) is 21.1. The third kappa shape index (κ3) is 6.52. The molecule has 4 heteroatoms. The number of hydrogen-bond acceptors (Lipinski definition) is 4. The number of fused-ring (bicyclic) bond motifs is 1. The molecule has 1 aromatic carbocycles. The van der Waals surface area contributed by atoms with Gasteiger partial charge in [-0.1, -0.05) is 53.6 Å². The molecule has 5 atom stereocenters. The number of benzene rings is 1. The van der Waals surface area contributed by atoms with E-state index in [1.165, 1.54) is 17.6 Å². The number of nitrogens with zero attached hydrogens (tertiary/aromatic N) is 2. The summed E-state index contributed by atoms with van der Waals surface area (Å²) in [5.41, 5.74) is 3.89. The Balaban J connectivity index is 1.50. The molecule has 0 bridgehead atoms. The molecule has 0 saturated heterocycles. The Morgan fingerprint density at radius 3 is 2.73 bits per heavy atom. The highest BCUT2D eigenvalue weighted by Crippen LogP contribution is 2.47. The summed E-state index contributed by atoms with van der Waals surface area (Å²) in [6, 6.07) is 8.30. The number of aliphatic hydroxyl groups is 2. The standard InChI is InChI=1S/C26H40N2O2/c1-19-7-5-8-20(13-19)15-23(29)9-10-24-25-16-21(14-22(25)17-26(24)30)18-28(4)12-6-11-27(2)3/h5,7-10,13-14,22-26,29-30H,6,11-12,15-18H2,1-4H3/t22-,23-,24+,25-,26+/m0/s1. The fraction of sp³-hybridized carbons (Fsp3) is 0.615. The number of rotatable bonds is 10. The van der Waals surface area contributed by atoms with Crippen LogP contribution in [0.25, 0.3) is 0 Å². The van der Waals surface area contributed by atoms with E-state index in [4.69, 9.17) is 0 Å². The minimum atomic E-state index is -0.505. The largest absolute Gasteiger partial charge is 0.392 e. The first kappa shape index (κ1) is 23.2. The van der Waals surface area contributed by atoms with E-state index in [2.05, 4.69) is 68.2 Å². The van der Waals surface area contributed by atoms with Crippen LogP contribution in [0.2, 0.25) is 0 Å². The van der Waals surface area contributed by atoms with Crippen molar-refractivity contribution in [2.45, 2.75) is 44.8 Å². The average molecular weight is 413 g/mol. The normalized spacial score (nSPS) is 27.3. The Bertz CT molecular complexity index is 742. The van der Waals surface area contributed by atoms with Crippen molar-refractivity contribution in [1.29, 1.82) is 0 Å². The molecule has 2 aliphatic carbocycles. The van der Waals surface area contributed by atoms with Crippen molar-refractivity contribution in [1.82, 2.24) is 9.80 Å². The van der Waals surface area contributed by atoms with E-state index < -0.39 is 6.10 Å². The molecular weight excluding hydrogens is 372 g/mol. The second-order valence-corrected chi connectivity index (χ2v) is 9.78. The minimum Gasteiger partial charge on any atom is -0.392 e. The van der Waals surface area contributed by atoms with Crippen LogP contribution in [-0.2, 0) is 6.42 Å². The second kappa shape index (κ2) is 10.7. The monoisotopic (exact) mass is 412 g/mol. The fourth-order valence-electron chi connectivity index (χ4n) is 5.21. The van der Waals surface area contributed by atoms with E-state index in [0.717, 1.165) is 38.0 Å². The zero-order chi connectivity index (χ0) is 21.7. The predicted octanol–water partition coefficient (Wildman–Crippen LogP) is 3.28. The maximum Gasteiger partial charge on any atom is 0.0761 e. The zero-order valence-electron chi connectivity index (χ0n) is 19.2. The molecule has 3 rings (SSSR count). The first-order valence-corrected chi connectivity index (χ1v) is 11.4. The molecule has 0 aromatic heterocycles. The van der Waals surface area contributed by atoms with Crippen molar-refractivity contribution in [2.75, 3.05) is 40.8 Å². The Labute approximate surface area is 182 Å². The quantitative estimate of drug-likeness (QED) is 0.579. The van der Waals surface area contributed by atoms with E-state index >= 15 is 0 Å². The van der Waals surface area contributed by atoms with E-state index in [-0.39, 0.29) is 12.0 Å². The first-order chi connectivity index (χ1) is 14.3. The van der Waals surface area contributed by atoms with Gasteiger partial charge >= 0.3 is 0 Å². The second-order valence-electron chi connectivity index (χ2n) is 9.78. The molecule has 0 radical (unpaired) electrons. The Morgan fingerprint density at radius 2 is 2.00 bits per heavy atom. The van der Waals surface area contributed by atoms with Gasteiger partial charge in [0.25, 0.3) is 0 Å². The highest BCUT2D eigenvalue weighted by Gasteiger charge is 2.43. The van der Waals surface area contributed by atoms with Crippen molar-refractivity contribution in [3.8, 4) is 0 Å². The third-order valence-corrected chi connectivity index (χ3v) is 6.65. The van der Waals surface area contributed by atoms with Gasteiger partial charge in [0.15, 0.2) is 0 Å². The molecule has 1 fully saturated rings. The van der Waals surface area contributed by atoms with Crippen LogP contribution in [0.3, 0.4) is 0 Å². The summed E-state index contributed by atoms with van der Waals surface area (Å²) in [6.45, 7) is 5.34. The molecule has 0 unspecified atom stereocenters. The molecule has 1 aromatic rings. The summed E-state index contributed by atoms with van der Waals surface area (Å²) < 4.78 is 0. The van der Waals surface area contributed by atoms with E-state index in [0.29, 0.717) is 18.3 Å². The summed E-state index contributed by atoms with van der Waals surface area (Å²) in [6.07, 6.45) is 9.35. The zero-order valence-corrected chi connectivity index (χ0v) is 19.2. The molecule has 2 aliphatic rings. The van der Waals surface area contributed by atoms with Crippen molar-refractivity contribution in [2.24, 2.45) is 17.8 Å². The molecule has 1 saturated carbocycles. The van der Waals surface area contributed by atoms with E-state index in [1.54, 1.807) is 0 Å². The molecule has 4 nitrogen and oxygen atoms in total. The minimum absolute atomic E-state index is 0.148. The van der Waals surface area contributed by atoms with Gasteiger partial charge < -0.3 is 20.0 Å². The number of hydrogen-bond donors (Lipinski definition) is 2. The molecule has 0 amide bonds. The maximum atomic E-state index is 10.6. The van der Waals surface area contributed by atoms with Gasteiger partial charge in [-0.2, -0.15) is 0 Å². The molecule has 2 N–H and O–H groups in total. The number of aryl methyl sites for hydroxylation is 1. The Morgan fingerprint density at radius 1 is 1.20 bits per heavy atom. The summed E-state index contributed by atoms with van der Waals surface area (Å²) in [5.74, 6) is 1.11. The first-order valence-electron chi connectivity index (χ1n) is 11.4. The SMILES string of the molecule is Cc1cccc(C[C@@H](O)C=C[C@@H]2[C@H]3CC(CN(C)CCCN(C)C)=C[C@H]3C[C@H]2O)c1. The lowest BCUT2D eigenvalue weighted by Crippen LogP contribution is -2.26. The van der Waals surface area contributed by atoms with E-state index in [1.807, 2.05) is 12.1 Å². The highest BCUT2D eigenvalue weighted by atomic mass is 16.3. The van der Waals surface area contributed by atoms with Gasteiger partial charge in [0.2, 0.25) is 0 Å². The average Bonchev–Trinajstić information content (AvgIpc) is 3.15. The van der Waals surface area contributed by atoms with Crippen LogP contribution in [0.4, 0.5) is 0 Å². The lowest BCUT2D eigenvalue weighted by molar-refractivity contribution is 0.139. The van der Waals surface area contributed by atoms with Crippen molar-refractivity contribution < 1.29 is 10.2 Å². The van der Waals surface area contributed by atoms with Gasteiger partial charge in [-0.05, 0) is 77.8 Å². The van der Waals surface area contributed by atoms with Crippen LogP contribution in [0.15, 0.2) is 48.1 Å². The molecular formula is C26H40N2O2. The predicted molar refractivity (Wildman–Crippen MR) is 124 cm³/mol. The van der Waals surface area contributed by atoms with Crippen molar-refractivity contribution >= 4 is 0 Å². The molecule has 30 heavy (non-hydrogen) atoms. The van der Waals surface area contributed by atoms with Crippen LogP contribution in [0.5, 0.6) is 0 Å². The smallest absolute Gasteiger partial charge is 0.0761 e. The van der Waals surface area contributed by atoms with Crippen LogP contribution in [0.1, 0.15) is 30.4 Å². The number of aliphatic hydroxyl groups excluding tert-OH is 2. The summed E-state index contributed by atoms with van der Waals surface area (Å²) in [4.78, 5) is 4.65. The summed E-state index contributed by atoms with van der Waals surface area (Å²) in [7, 11) is 6.45. The fourth-order valence-corrected chi connectivity index (χ4v) is 5.21. The van der Waals surface area contributed by atoms with Gasteiger partial charge in [-0.25, -0.2) is 0 Å². The number of likely N-dealkylation sites (N-methyl/N-ethyl adjacent to an activating group) is 1. The highest BCUT2D eigenvalue weighted by molar-refractivity contribution is 5.24. The lowest BCUT2D eigenvalue weighted by Gasteiger charge is -2.21. The van der Waals surface area contributed by atoms with Crippen LogP contribution in [0, 0.1) is 24.7 Å². The van der Waals surface area contributed by atoms with Gasteiger partial charge in [0.05, 0.1) is 12.2 Å².